The van der Waals surface area contributed by atoms with Crippen LogP contribution < -0.4 is 16.8 Å². The molecule has 1 aliphatic carbocycles. The lowest BCUT2D eigenvalue weighted by atomic mass is 9.87. The summed E-state index contributed by atoms with van der Waals surface area (Å²) in [4.78, 5) is 15.2. The molecular weight excluding hydrogens is 264 g/mol. The van der Waals surface area contributed by atoms with Crippen LogP contribution in [0.25, 0.3) is 0 Å². The summed E-state index contributed by atoms with van der Waals surface area (Å²) in [7, 11) is 0. The number of amides is 1. The highest BCUT2D eigenvalue weighted by atomic mass is 16.1. The van der Waals surface area contributed by atoms with Crippen molar-refractivity contribution in [2.75, 3.05) is 11.1 Å². The molecule has 5 N–H and O–H groups in total. The number of hydrogen-bond donors (Lipinski definition) is 3. The Morgan fingerprint density at radius 1 is 1.29 bits per heavy atom. The number of rotatable bonds is 3. The van der Waals surface area contributed by atoms with E-state index in [-0.39, 0.29) is 11.7 Å². The number of nitrogen functional groups attached to an aromatic ring is 1. The van der Waals surface area contributed by atoms with Crippen LogP contribution in [-0.2, 0) is 6.42 Å². The van der Waals surface area contributed by atoms with Crippen molar-refractivity contribution in [2.45, 2.75) is 25.3 Å². The average Bonchev–Trinajstić information content (AvgIpc) is 2.47. The number of carbonyl (C=O) groups is 1. The van der Waals surface area contributed by atoms with E-state index < -0.39 is 5.91 Å². The summed E-state index contributed by atoms with van der Waals surface area (Å²) in [5, 5.41) is 3.46. The Morgan fingerprint density at radius 3 is 2.95 bits per heavy atom. The second-order valence-electron chi connectivity index (χ2n) is 5.34. The zero-order chi connectivity index (χ0) is 14.8. The van der Waals surface area contributed by atoms with Gasteiger partial charge in [0.15, 0.2) is 0 Å². The summed E-state index contributed by atoms with van der Waals surface area (Å²) in [5.41, 5.74) is 15.6. The van der Waals surface area contributed by atoms with E-state index in [2.05, 4.69) is 16.4 Å². The molecule has 1 heterocycles. The molecule has 1 aromatic heterocycles. The van der Waals surface area contributed by atoms with Crippen LogP contribution in [0.3, 0.4) is 0 Å². The maximum Gasteiger partial charge on any atom is 0.267 e. The monoisotopic (exact) mass is 282 g/mol. The van der Waals surface area contributed by atoms with Crippen LogP contribution in [0.1, 0.15) is 40.5 Å². The minimum atomic E-state index is -0.518. The van der Waals surface area contributed by atoms with Gasteiger partial charge in [-0.3, -0.25) is 9.78 Å². The first-order valence-corrected chi connectivity index (χ1v) is 7.04. The van der Waals surface area contributed by atoms with Crippen molar-refractivity contribution < 1.29 is 4.79 Å². The molecular formula is C16H18N4O. The minimum absolute atomic E-state index is 0.220. The topological polar surface area (TPSA) is 94.0 Å². The van der Waals surface area contributed by atoms with Crippen LogP contribution in [0.4, 0.5) is 11.4 Å². The first-order valence-electron chi connectivity index (χ1n) is 7.04. The lowest BCUT2D eigenvalue weighted by Crippen LogP contribution is -2.18. The molecule has 5 heteroatoms. The Morgan fingerprint density at radius 2 is 2.14 bits per heavy atom. The number of hydrogen-bond acceptors (Lipinski definition) is 4. The molecule has 5 nitrogen and oxygen atoms in total. The van der Waals surface area contributed by atoms with Gasteiger partial charge in [-0.1, -0.05) is 6.07 Å². The summed E-state index contributed by atoms with van der Waals surface area (Å²) < 4.78 is 0. The molecule has 2 aromatic rings. The zero-order valence-corrected chi connectivity index (χ0v) is 11.7. The molecule has 0 spiro atoms. The van der Waals surface area contributed by atoms with Gasteiger partial charge in [-0.2, -0.15) is 0 Å². The summed E-state index contributed by atoms with van der Waals surface area (Å²) in [6.45, 7) is 0. The van der Waals surface area contributed by atoms with E-state index in [1.807, 2.05) is 18.2 Å². The summed E-state index contributed by atoms with van der Waals surface area (Å²) in [5.74, 6) is -0.518. The van der Waals surface area contributed by atoms with Gasteiger partial charge in [0.25, 0.3) is 5.91 Å². The number of carbonyl (C=O) groups excluding carboxylic acids is 1. The van der Waals surface area contributed by atoms with E-state index in [0.717, 1.165) is 30.6 Å². The van der Waals surface area contributed by atoms with Crippen LogP contribution in [0.2, 0.25) is 0 Å². The summed E-state index contributed by atoms with van der Waals surface area (Å²) in [6, 6.07) is 9.81. The smallest absolute Gasteiger partial charge is 0.267 e. The van der Waals surface area contributed by atoms with Crippen molar-refractivity contribution in [3.05, 3.63) is 53.3 Å². The van der Waals surface area contributed by atoms with Crippen molar-refractivity contribution in [2.24, 2.45) is 5.73 Å². The molecule has 1 aliphatic rings. The fraction of sp³-hybridized carbons (Fsp3) is 0.250. The van der Waals surface area contributed by atoms with Crippen LogP contribution in [-0.4, -0.2) is 10.9 Å². The Labute approximate surface area is 123 Å². The fourth-order valence-electron chi connectivity index (χ4n) is 2.84. The third kappa shape index (κ3) is 2.81. The average molecular weight is 282 g/mol. The molecule has 0 saturated heterocycles. The van der Waals surface area contributed by atoms with Crippen LogP contribution in [0.15, 0.2) is 36.5 Å². The number of pyridine rings is 1. The molecule has 1 unspecified atom stereocenters. The highest BCUT2D eigenvalue weighted by molar-refractivity contribution is 5.91. The summed E-state index contributed by atoms with van der Waals surface area (Å²) in [6.07, 6.45) is 4.81. The summed E-state index contributed by atoms with van der Waals surface area (Å²) >= 11 is 0. The van der Waals surface area contributed by atoms with E-state index in [1.54, 1.807) is 12.3 Å². The van der Waals surface area contributed by atoms with E-state index in [1.165, 1.54) is 11.1 Å². The van der Waals surface area contributed by atoms with Crippen molar-refractivity contribution in [3.8, 4) is 0 Å². The third-order valence-corrected chi connectivity index (χ3v) is 3.83. The Balaban J connectivity index is 1.86. The van der Waals surface area contributed by atoms with E-state index in [9.17, 15) is 4.79 Å². The molecule has 0 radical (unpaired) electrons. The van der Waals surface area contributed by atoms with Crippen molar-refractivity contribution >= 4 is 17.3 Å². The van der Waals surface area contributed by atoms with Gasteiger partial charge in [0.1, 0.15) is 5.69 Å². The van der Waals surface area contributed by atoms with E-state index in [4.69, 9.17) is 11.5 Å². The van der Waals surface area contributed by atoms with Crippen molar-refractivity contribution in [1.29, 1.82) is 0 Å². The zero-order valence-electron chi connectivity index (χ0n) is 11.7. The highest BCUT2D eigenvalue weighted by Gasteiger charge is 2.20. The predicted octanol–water partition coefficient (Wildman–Crippen LogP) is 2.25. The van der Waals surface area contributed by atoms with Gasteiger partial charge in [-0.15, -0.1) is 0 Å². The van der Waals surface area contributed by atoms with E-state index >= 15 is 0 Å². The molecule has 0 saturated carbocycles. The van der Waals surface area contributed by atoms with Crippen molar-refractivity contribution in [1.82, 2.24) is 4.98 Å². The maximum atomic E-state index is 11.2. The minimum Gasteiger partial charge on any atom is -0.399 e. The molecule has 1 amide bonds. The lowest BCUT2D eigenvalue weighted by molar-refractivity contribution is 0.0995. The van der Waals surface area contributed by atoms with E-state index in [0.29, 0.717) is 0 Å². The number of benzene rings is 1. The van der Waals surface area contributed by atoms with Gasteiger partial charge in [-0.25, -0.2) is 0 Å². The van der Waals surface area contributed by atoms with Crippen LogP contribution >= 0.6 is 0 Å². The first kappa shape index (κ1) is 13.4. The number of fused-ring (bicyclic) bond motifs is 1. The van der Waals surface area contributed by atoms with Gasteiger partial charge >= 0.3 is 0 Å². The number of anilines is 2. The third-order valence-electron chi connectivity index (χ3n) is 3.83. The Hall–Kier alpha value is -2.56. The first-order chi connectivity index (χ1) is 10.1. The van der Waals surface area contributed by atoms with Gasteiger partial charge in [0.2, 0.25) is 0 Å². The number of nitrogens with zero attached hydrogens (tertiary/aromatic N) is 1. The Bertz CT molecular complexity index is 684. The number of nitrogens with one attached hydrogen (secondary N) is 1. The highest BCUT2D eigenvalue weighted by Crippen LogP contribution is 2.33. The normalized spacial score (nSPS) is 17.0. The number of aromatic nitrogens is 1. The second kappa shape index (κ2) is 5.44. The molecule has 3 rings (SSSR count). The molecule has 1 atom stereocenters. The van der Waals surface area contributed by atoms with Gasteiger partial charge in [0.05, 0.1) is 6.04 Å². The predicted molar refractivity (Wildman–Crippen MR) is 82.9 cm³/mol. The number of primary amides is 1. The Kier molecular flexibility index (Phi) is 3.48. The number of nitrogens with two attached hydrogens (primary N) is 2. The standard InChI is InChI=1S/C16H18N4O/c17-11-4-5-13-10(8-11)2-1-3-14(13)20-12-6-7-19-15(9-12)16(18)21/h4-9,14H,1-3,17H2,(H2,18,21)(H,19,20). The molecule has 21 heavy (non-hydrogen) atoms. The van der Waals surface area contributed by atoms with Gasteiger partial charge in [-0.05, 0) is 54.7 Å². The number of aryl methyl sites for hydroxylation is 1. The molecule has 0 aliphatic heterocycles. The maximum absolute atomic E-state index is 11.2. The molecule has 0 fully saturated rings. The second-order valence-corrected chi connectivity index (χ2v) is 5.34. The van der Waals surface area contributed by atoms with Crippen LogP contribution in [0.5, 0.6) is 0 Å². The lowest BCUT2D eigenvalue weighted by Gasteiger charge is -2.27. The van der Waals surface area contributed by atoms with Crippen molar-refractivity contribution in [3.63, 3.8) is 0 Å². The quantitative estimate of drug-likeness (QED) is 0.753. The molecule has 0 bridgehead atoms. The molecule has 1 aromatic carbocycles. The largest absolute Gasteiger partial charge is 0.399 e. The van der Waals surface area contributed by atoms with Gasteiger partial charge < -0.3 is 16.8 Å². The fourth-order valence-corrected chi connectivity index (χ4v) is 2.84. The van der Waals surface area contributed by atoms with Gasteiger partial charge in [0, 0.05) is 17.6 Å². The molecule has 108 valence electrons. The van der Waals surface area contributed by atoms with Crippen LogP contribution in [0, 0.1) is 0 Å². The SMILES string of the molecule is NC(=O)c1cc(NC2CCCc3cc(N)ccc32)ccn1.